The summed E-state index contributed by atoms with van der Waals surface area (Å²) < 4.78 is 0. The number of carbonyl (C=O) groups excluding carboxylic acids is 1. The van der Waals surface area contributed by atoms with Crippen molar-refractivity contribution >= 4 is 5.91 Å². The minimum atomic E-state index is -1.08. The highest BCUT2D eigenvalue weighted by molar-refractivity contribution is 5.81. The van der Waals surface area contributed by atoms with Crippen LogP contribution in [0.4, 0.5) is 0 Å². The highest BCUT2D eigenvalue weighted by Gasteiger charge is 2.22. The molecule has 4 heteroatoms. The molecule has 0 rings (SSSR count). The second kappa shape index (κ2) is 6.79. The number of amides is 1. The van der Waals surface area contributed by atoms with E-state index in [-0.39, 0.29) is 11.9 Å². The van der Waals surface area contributed by atoms with E-state index in [4.69, 9.17) is 5.73 Å². The molecule has 0 bridgehead atoms. The minimum Gasteiger partial charge on any atom is -0.382 e. The first-order chi connectivity index (χ1) is 6.52. The van der Waals surface area contributed by atoms with Crippen molar-refractivity contribution in [2.75, 3.05) is 0 Å². The normalized spacial score (nSPS) is 17.2. The largest absolute Gasteiger partial charge is 0.382 e. The molecule has 0 saturated heterocycles. The molecule has 0 spiro atoms. The van der Waals surface area contributed by atoms with Crippen LogP contribution in [-0.2, 0) is 4.79 Å². The zero-order valence-corrected chi connectivity index (χ0v) is 9.29. The van der Waals surface area contributed by atoms with Gasteiger partial charge in [-0.2, -0.15) is 0 Å². The smallest absolute Gasteiger partial charge is 0.250 e. The Morgan fingerprint density at radius 2 is 2.07 bits per heavy atom. The lowest BCUT2D eigenvalue weighted by atomic mass is 10.1. The van der Waals surface area contributed by atoms with Crippen LogP contribution in [0, 0.1) is 0 Å². The van der Waals surface area contributed by atoms with Gasteiger partial charge in [0, 0.05) is 12.1 Å². The first-order valence-electron chi connectivity index (χ1n) is 5.26. The van der Waals surface area contributed by atoms with Crippen LogP contribution >= 0.6 is 0 Å². The van der Waals surface area contributed by atoms with Gasteiger partial charge in [-0.1, -0.05) is 20.3 Å². The van der Waals surface area contributed by atoms with Crippen LogP contribution in [0.25, 0.3) is 0 Å². The molecule has 0 aliphatic heterocycles. The Morgan fingerprint density at radius 3 is 2.50 bits per heavy atom. The van der Waals surface area contributed by atoms with Gasteiger partial charge < -0.3 is 16.2 Å². The average Bonchev–Trinajstić information content (AvgIpc) is 2.16. The van der Waals surface area contributed by atoms with Crippen molar-refractivity contribution in [3.63, 3.8) is 0 Å². The third-order valence-electron chi connectivity index (χ3n) is 2.30. The topological polar surface area (TPSA) is 75.3 Å². The van der Waals surface area contributed by atoms with Crippen LogP contribution in [0.3, 0.4) is 0 Å². The first kappa shape index (κ1) is 13.4. The second-order valence-corrected chi connectivity index (χ2v) is 3.72. The Kier molecular flexibility index (Phi) is 6.49. The molecule has 0 saturated carbocycles. The third-order valence-corrected chi connectivity index (χ3v) is 2.30. The van der Waals surface area contributed by atoms with E-state index in [1.54, 1.807) is 0 Å². The molecular weight excluding hydrogens is 180 g/mol. The molecule has 0 heterocycles. The van der Waals surface area contributed by atoms with Crippen LogP contribution < -0.4 is 11.1 Å². The van der Waals surface area contributed by atoms with Gasteiger partial charge in [-0.3, -0.25) is 4.79 Å². The van der Waals surface area contributed by atoms with E-state index in [1.807, 2.05) is 20.8 Å². The van der Waals surface area contributed by atoms with Crippen molar-refractivity contribution in [2.45, 2.75) is 58.2 Å². The monoisotopic (exact) mass is 202 g/mol. The molecule has 84 valence electrons. The molecule has 4 nitrogen and oxygen atoms in total. The number of nitrogens with two attached hydrogens (primary N) is 1. The fraction of sp³-hybridized carbons (Fsp3) is 0.900. The Bertz CT molecular complexity index is 174. The van der Waals surface area contributed by atoms with E-state index >= 15 is 0 Å². The molecule has 3 atom stereocenters. The van der Waals surface area contributed by atoms with Crippen molar-refractivity contribution in [1.29, 1.82) is 0 Å². The molecule has 4 N–H and O–H groups in total. The molecule has 0 aliphatic rings. The molecule has 0 aromatic heterocycles. The van der Waals surface area contributed by atoms with Gasteiger partial charge in [-0.25, -0.2) is 0 Å². The van der Waals surface area contributed by atoms with Gasteiger partial charge in [0.1, 0.15) is 6.10 Å². The van der Waals surface area contributed by atoms with Crippen molar-refractivity contribution < 1.29 is 9.90 Å². The van der Waals surface area contributed by atoms with Gasteiger partial charge >= 0.3 is 0 Å². The first-order valence-corrected chi connectivity index (χ1v) is 5.26. The van der Waals surface area contributed by atoms with Gasteiger partial charge in [-0.05, 0) is 19.8 Å². The van der Waals surface area contributed by atoms with E-state index in [0.29, 0.717) is 6.42 Å². The molecule has 0 radical (unpaired) electrons. The summed E-state index contributed by atoms with van der Waals surface area (Å²) in [5.41, 5.74) is 5.63. The predicted molar refractivity (Wildman–Crippen MR) is 56.8 cm³/mol. The standard InChI is InChI=1S/C10H22N2O2/c1-4-6-8(11)9(13)10(14)12-7(3)5-2/h7-9,13H,4-6,11H2,1-3H3,(H,12,14)/t7-,8?,9?/m0/s1. The van der Waals surface area contributed by atoms with Crippen molar-refractivity contribution in [2.24, 2.45) is 5.73 Å². The van der Waals surface area contributed by atoms with Gasteiger partial charge in [0.2, 0.25) is 0 Å². The van der Waals surface area contributed by atoms with Gasteiger partial charge in [-0.15, -0.1) is 0 Å². The number of aliphatic hydroxyl groups excluding tert-OH is 1. The van der Waals surface area contributed by atoms with E-state index in [1.165, 1.54) is 0 Å². The van der Waals surface area contributed by atoms with Crippen molar-refractivity contribution in [3.05, 3.63) is 0 Å². The lowest BCUT2D eigenvalue weighted by Gasteiger charge is -2.20. The van der Waals surface area contributed by atoms with Gasteiger partial charge in [0.25, 0.3) is 5.91 Å². The summed E-state index contributed by atoms with van der Waals surface area (Å²) in [6.45, 7) is 5.85. The SMILES string of the molecule is CCCC(N)C(O)C(=O)N[C@@H](C)CC. The summed E-state index contributed by atoms with van der Waals surface area (Å²) in [4.78, 5) is 11.4. The average molecular weight is 202 g/mol. The summed E-state index contributed by atoms with van der Waals surface area (Å²) in [6, 6.07) is -0.366. The third kappa shape index (κ3) is 4.58. The predicted octanol–water partition coefficient (Wildman–Crippen LogP) is 0.389. The summed E-state index contributed by atoms with van der Waals surface area (Å²) in [7, 11) is 0. The summed E-state index contributed by atoms with van der Waals surface area (Å²) in [5, 5.41) is 12.2. The van der Waals surface area contributed by atoms with E-state index in [2.05, 4.69) is 5.32 Å². The van der Waals surface area contributed by atoms with E-state index < -0.39 is 12.1 Å². The number of carbonyl (C=O) groups is 1. The van der Waals surface area contributed by atoms with Crippen molar-refractivity contribution in [1.82, 2.24) is 5.32 Å². The second-order valence-electron chi connectivity index (χ2n) is 3.72. The summed E-state index contributed by atoms with van der Waals surface area (Å²) >= 11 is 0. The lowest BCUT2D eigenvalue weighted by Crippen LogP contribution is -2.48. The number of rotatable bonds is 6. The van der Waals surface area contributed by atoms with Crippen LogP contribution in [0.1, 0.15) is 40.0 Å². The summed E-state index contributed by atoms with van der Waals surface area (Å²) in [5.74, 6) is -0.361. The van der Waals surface area contributed by atoms with Crippen LogP contribution in [0.2, 0.25) is 0 Å². The number of nitrogens with one attached hydrogen (secondary N) is 1. The molecular formula is C10H22N2O2. The molecule has 0 fully saturated rings. The molecule has 0 aliphatic carbocycles. The quantitative estimate of drug-likeness (QED) is 0.583. The minimum absolute atomic E-state index is 0.0889. The highest BCUT2D eigenvalue weighted by Crippen LogP contribution is 2.00. The Hall–Kier alpha value is -0.610. The fourth-order valence-corrected chi connectivity index (χ4v) is 1.12. The Labute approximate surface area is 85.9 Å². The van der Waals surface area contributed by atoms with Gasteiger partial charge in [0.15, 0.2) is 0 Å². The van der Waals surface area contributed by atoms with Crippen molar-refractivity contribution in [3.8, 4) is 0 Å². The maximum absolute atomic E-state index is 11.4. The molecule has 0 aromatic rings. The van der Waals surface area contributed by atoms with Crippen LogP contribution in [-0.4, -0.2) is 29.2 Å². The summed E-state index contributed by atoms with van der Waals surface area (Å²) in [6.07, 6.45) is 1.30. The van der Waals surface area contributed by atoms with Gasteiger partial charge in [0.05, 0.1) is 0 Å². The fourth-order valence-electron chi connectivity index (χ4n) is 1.12. The molecule has 14 heavy (non-hydrogen) atoms. The Morgan fingerprint density at radius 1 is 1.50 bits per heavy atom. The zero-order valence-electron chi connectivity index (χ0n) is 9.29. The number of hydrogen-bond donors (Lipinski definition) is 3. The Balaban J connectivity index is 3.98. The molecule has 2 unspecified atom stereocenters. The van der Waals surface area contributed by atoms with Crippen LogP contribution in [0.5, 0.6) is 0 Å². The highest BCUT2D eigenvalue weighted by atomic mass is 16.3. The maximum Gasteiger partial charge on any atom is 0.250 e. The van der Waals surface area contributed by atoms with E-state index in [0.717, 1.165) is 12.8 Å². The molecule has 0 aromatic carbocycles. The zero-order chi connectivity index (χ0) is 11.1. The number of hydrogen-bond acceptors (Lipinski definition) is 3. The molecule has 1 amide bonds. The lowest BCUT2D eigenvalue weighted by molar-refractivity contribution is -0.131. The van der Waals surface area contributed by atoms with E-state index in [9.17, 15) is 9.90 Å². The number of aliphatic hydroxyl groups is 1. The van der Waals surface area contributed by atoms with Crippen LogP contribution in [0.15, 0.2) is 0 Å². The maximum atomic E-state index is 11.4.